The topological polar surface area (TPSA) is 76.9 Å². The van der Waals surface area contributed by atoms with Gasteiger partial charge in [-0.2, -0.15) is 5.10 Å². The van der Waals surface area contributed by atoms with Gasteiger partial charge in [0.05, 0.1) is 42.7 Å². The maximum atomic E-state index is 13.9. The molecule has 5 rings (SSSR count). The number of thioether (sulfide) groups is 1. The first kappa shape index (κ1) is 28.2. The highest BCUT2D eigenvalue weighted by molar-refractivity contribution is 8.00. The van der Waals surface area contributed by atoms with Gasteiger partial charge in [0.15, 0.2) is 0 Å². The summed E-state index contributed by atoms with van der Waals surface area (Å²) in [5, 5.41) is 5.09. The SMILES string of the molecule is CCc1ccccc1-n1nc(C(C)(C)C)c2c1N(CC(=O)N1CCOCC1)C(=O)CS[C@H]2c1ccc(OC)cc1. The molecule has 0 aliphatic carbocycles. The molecule has 1 atom stereocenters. The molecule has 0 unspecified atom stereocenters. The zero-order valence-corrected chi connectivity index (χ0v) is 24.8. The maximum absolute atomic E-state index is 13.9. The molecule has 8 nitrogen and oxygen atoms in total. The van der Waals surface area contributed by atoms with E-state index in [1.807, 2.05) is 35.0 Å². The van der Waals surface area contributed by atoms with Crippen molar-refractivity contribution in [2.75, 3.05) is 50.6 Å². The van der Waals surface area contributed by atoms with E-state index >= 15 is 0 Å². The van der Waals surface area contributed by atoms with Crippen molar-refractivity contribution < 1.29 is 19.1 Å². The number of benzene rings is 2. The van der Waals surface area contributed by atoms with Crippen LogP contribution in [0.15, 0.2) is 48.5 Å². The van der Waals surface area contributed by atoms with Crippen LogP contribution in [0.25, 0.3) is 5.69 Å². The zero-order valence-electron chi connectivity index (χ0n) is 24.0. The Labute approximate surface area is 240 Å². The quantitative estimate of drug-likeness (QED) is 0.431. The number of rotatable bonds is 6. The molecule has 40 heavy (non-hydrogen) atoms. The van der Waals surface area contributed by atoms with Gasteiger partial charge in [-0.3, -0.25) is 14.5 Å². The molecular formula is C31H38N4O4S. The van der Waals surface area contributed by atoms with Gasteiger partial charge in [-0.25, -0.2) is 4.68 Å². The summed E-state index contributed by atoms with van der Waals surface area (Å²) in [6, 6.07) is 16.2. The number of morpholine rings is 1. The Balaban J connectivity index is 1.74. The largest absolute Gasteiger partial charge is 0.497 e. The third-order valence-corrected chi connectivity index (χ3v) is 8.73. The van der Waals surface area contributed by atoms with Crippen molar-refractivity contribution in [2.45, 2.75) is 44.8 Å². The number of amides is 2. The molecule has 2 amide bonds. The highest BCUT2D eigenvalue weighted by Crippen LogP contribution is 2.48. The number of carbonyl (C=O) groups is 2. The Bertz CT molecular complexity index is 1370. The molecule has 0 N–H and O–H groups in total. The fraction of sp³-hybridized carbons (Fsp3) is 0.452. The number of ether oxygens (including phenoxy) is 2. The predicted octanol–water partition coefficient (Wildman–Crippen LogP) is 4.77. The van der Waals surface area contributed by atoms with Crippen LogP contribution in [0.5, 0.6) is 5.75 Å². The molecule has 2 aliphatic heterocycles. The van der Waals surface area contributed by atoms with Crippen molar-refractivity contribution >= 4 is 29.4 Å². The zero-order chi connectivity index (χ0) is 28.4. The number of anilines is 1. The van der Waals surface area contributed by atoms with Crippen LogP contribution in [0, 0.1) is 0 Å². The van der Waals surface area contributed by atoms with Crippen LogP contribution in [-0.2, 0) is 26.2 Å². The van der Waals surface area contributed by atoms with Crippen molar-refractivity contribution in [2.24, 2.45) is 0 Å². The Morgan fingerprint density at radius 3 is 2.45 bits per heavy atom. The van der Waals surface area contributed by atoms with E-state index in [4.69, 9.17) is 14.6 Å². The van der Waals surface area contributed by atoms with Crippen molar-refractivity contribution in [3.8, 4) is 11.4 Å². The van der Waals surface area contributed by atoms with Crippen LogP contribution in [-0.4, -0.2) is 72.2 Å². The lowest BCUT2D eigenvalue weighted by molar-refractivity contribution is -0.134. The van der Waals surface area contributed by atoms with Crippen LogP contribution < -0.4 is 9.64 Å². The number of methoxy groups -OCH3 is 1. The average molecular weight is 563 g/mol. The standard InChI is InChI=1S/C31H38N4O4S/c1-6-21-9-7-8-10-24(21)35-30-27(29(32-35)31(2,3)4)28(22-11-13-23(38-5)14-12-22)40-20-26(37)34(30)19-25(36)33-15-17-39-18-16-33/h7-14,28H,6,15-20H2,1-5H3/t28-/m0/s1. The summed E-state index contributed by atoms with van der Waals surface area (Å²) in [5.41, 5.74) is 4.70. The monoisotopic (exact) mass is 562 g/mol. The van der Waals surface area contributed by atoms with E-state index in [1.54, 1.807) is 28.7 Å². The van der Waals surface area contributed by atoms with Gasteiger partial charge in [0, 0.05) is 24.1 Å². The predicted molar refractivity (Wildman–Crippen MR) is 159 cm³/mol. The first-order valence-electron chi connectivity index (χ1n) is 13.9. The van der Waals surface area contributed by atoms with Gasteiger partial charge in [0.2, 0.25) is 11.8 Å². The van der Waals surface area contributed by atoms with Crippen molar-refractivity contribution in [3.63, 3.8) is 0 Å². The molecule has 3 aromatic rings. The minimum absolute atomic E-state index is 0.0364. The van der Waals surface area contributed by atoms with E-state index in [9.17, 15) is 9.59 Å². The summed E-state index contributed by atoms with van der Waals surface area (Å²) in [6.45, 7) is 10.6. The van der Waals surface area contributed by atoms with E-state index < -0.39 is 0 Å². The summed E-state index contributed by atoms with van der Waals surface area (Å²) < 4.78 is 12.8. The Morgan fingerprint density at radius 1 is 1.10 bits per heavy atom. The van der Waals surface area contributed by atoms with Gasteiger partial charge in [-0.05, 0) is 35.7 Å². The van der Waals surface area contributed by atoms with Crippen molar-refractivity contribution in [1.29, 1.82) is 0 Å². The minimum Gasteiger partial charge on any atom is -0.497 e. The summed E-state index contributed by atoms with van der Waals surface area (Å²) in [4.78, 5) is 30.9. The van der Waals surface area contributed by atoms with Gasteiger partial charge in [0.25, 0.3) is 0 Å². The Hall–Kier alpha value is -3.30. The van der Waals surface area contributed by atoms with Crippen molar-refractivity contribution in [3.05, 3.63) is 70.9 Å². The lowest BCUT2D eigenvalue weighted by atomic mass is 9.87. The van der Waals surface area contributed by atoms with E-state index in [-0.39, 0.29) is 34.8 Å². The van der Waals surface area contributed by atoms with E-state index in [0.717, 1.165) is 40.2 Å². The van der Waals surface area contributed by atoms with E-state index in [0.29, 0.717) is 32.1 Å². The van der Waals surface area contributed by atoms with Crippen LogP contribution in [0.1, 0.15) is 55.3 Å². The minimum atomic E-state index is -0.310. The summed E-state index contributed by atoms with van der Waals surface area (Å²) in [6.07, 6.45) is 0.812. The Kier molecular flexibility index (Phi) is 8.24. The van der Waals surface area contributed by atoms with Gasteiger partial charge in [-0.1, -0.05) is 58.0 Å². The van der Waals surface area contributed by atoms with Gasteiger partial charge < -0.3 is 14.4 Å². The number of fused-ring (bicyclic) bond motifs is 1. The second-order valence-corrected chi connectivity index (χ2v) is 12.3. The second-order valence-electron chi connectivity index (χ2n) is 11.2. The first-order valence-corrected chi connectivity index (χ1v) is 14.9. The number of carbonyl (C=O) groups excluding carboxylic acids is 2. The average Bonchev–Trinajstić information content (AvgIpc) is 3.31. The number of aromatic nitrogens is 2. The van der Waals surface area contributed by atoms with Crippen LogP contribution in [0.4, 0.5) is 5.82 Å². The van der Waals surface area contributed by atoms with Crippen LogP contribution >= 0.6 is 11.8 Å². The lowest BCUT2D eigenvalue weighted by Gasteiger charge is -2.30. The molecule has 3 heterocycles. The normalized spacial score (nSPS) is 17.9. The summed E-state index contributed by atoms with van der Waals surface area (Å²) in [7, 11) is 1.66. The first-order chi connectivity index (χ1) is 19.2. The highest BCUT2D eigenvalue weighted by Gasteiger charge is 2.40. The lowest BCUT2D eigenvalue weighted by Crippen LogP contribution is -2.48. The fourth-order valence-electron chi connectivity index (χ4n) is 5.35. The van der Waals surface area contributed by atoms with Crippen LogP contribution in [0.3, 0.4) is 0 Å². The second kappa shape index (κ2) is 11.7. The molecule has 0 spiro atoms. The maximum Gasteiger partial charge on any atom is 0.242 e. The summed E-state index contributed by atoms with van der Waals surface area (Å²) in [5.74, 6) is 1.54. The molecule has 2 aromatic carbocycles. The molecule has 1 aromatic heterocycles. The molecule has 212 valence electrons. The molecule has 2 aliphatic rings. The number of hydrogen-bond donors (Lipinski definition) is 0. The third-order valence-electron chi connectivity index (χ3n) is 7.48. The molecule has 9 heteroatoms. The van der Waals surface area contributed by atoms with Gasteiger partial charge in [-0.15, -0.1) is 11.8 Å². The smallest absolute Gasteiger partial charge is 0.242 e. The number of nitrogens with zero attached hydrogens (tertiary/aromatic N) is 4. The van der Waals surface area contributed by atoms with Gasteiger partial charge >= 0.3 is 0 Å². The molecule has 0 saturated carbocycles. The molecular weight excluding hydrogens is 524 g/mol. The molecule has 1 fully saturated rings. The summed E-state index contributed by atoms with van der Waals surface area (Å²) >= 11 is 1.59. The van der Waals surface area contributed by atoms with Gasteiger partial charge in [0.1, 0.15) is 18.1 Å². The fourth-order valence-corrected chi connectivity index (χ4v) is 6.55. The molecule has 0 radical (unpaired) electrons. The van der Waals surface area contributed by atoms with Crippen LogP contribution in [0.2, 0.25) is 0 Å². The van der Waals surface area contributed by atoms with Crippen molar-refractivity contribution in [1.82, 2.24) is 14.7 Å². The number of para-hydroxylation sites is 1. The van der Waals surface area contributed by atoms with E-state index in [1.165, 1.54) is 0 Å². The number of hydrogen-bond acceptors (Lipinski definition) is 6. The third kappa shape index (κ3) is 5.49. The molecule has 1 saturated heterocycles. The molecule has 0 bridgehead atoms. The highest BCUT2D eigenvalue weighted by atomic mass is 32.2. The van der Waals surface area contributed by atoms with E-state index in [2.05, 4.69) is 45.9 Å². The Morgan fingerprint density at radius 2 is 1.80 bits per heavy atom. The number of aryl methyl sites for hydroxylation is 1.